The summed E-state index contributed by atoms with van der Waals surface area (Å²) in [7, 11) is 0. The molecule has 0 saturated heterocycles. The third-order valence-electron chi connectivity index (χ3n) is 12.7. The standard InChI is InChI=1S/C61H41NO/c1-5-22-41(23-6-1)46-31-15-18-36-52(46)62(53-37-19-16-33-48(53)49-35-21-39-55-59(49)50-34-17-20-38-54(50)63-55)61-51-40-45-30-13-14-32-47(45)60(51)57(43-26-9-3-10-27-43)56(42-24-7-2-8-25-42)58(61)44-28-11-4-12-29-44/h1-39H,40H2. The molecular weight excluding hydrogens is 763 g/mol. The lowest BCUT2D eigenvalue weighted by Crippen LogP contribution is -2.17. The van der Waals surface area contributed by atoms with E-state index >= 15 is 0 Å². The molecule has 0 amide bonds. The first-order chi connectivity index (χ1) is 31.3. The summed E-state index contributed by atoms with van der Waals surface area (Å²) in [6.07, 6.45) is 0.781. The molecule has 11 aromatic rings. The van der Waals surface area contributed by atoms with E-state index in [1.54, 1.807) is 0 Å². The Morgan fingerprint density at radius 2 is 0.778 bits per heavy atom. The quantitative estimate of drug-likeness (QED) is 0.152. The van der Waals surface area contributed by atoms with Crippen LogP contribution in [0.1, 0.15) is 11.1 Å². The molecular formula is C61H41NO. The second-order valence-corrected chi connectivity index (χ2v) is 16.3. The number of hydrogen-bond donors (Lipinski definition) is 0. The number of anilines is 3. The zero-order valence-corrected chi connectivity index (χ0v) is 34.6. The Bertz CT molecular complexity index is 3460. The minimum absolute atomic E-state index is 0.781. The van der Waals surface area contributed by atoms with Gasteiger partial charge in [0.25, 0.3) is 0 Å². The van der Waals surface area contributed by atoms with Gasteiger partial charge in [-0.1, -0.05) is 212 Å². The average molecular weight is 804 g/mol. The summed E-state index contributed by atoms with van der Waals surface area (Å²) in [6, 6.07) is 85.8. The van der Waals surface area contributed by atoms with Gasteiger partial charge in [-0.15, -0.1) is 0 Å². The van der Waals surface area contributed by atoms with E-state index < -0.39 is 0 Å². The van der Waals surface area contributed by atoms with Crippen molar-refractivity contribution in [1.82, 2.24) is 0 Å². The Morgan fingerprint density at radius 1 is 0.317 bits per heavy atom. The Morgan fingerprint density at radius 3 is 1.44 bits per heavy atom. The summed E-state index contributed by atoms with van der Waals surface area (Å²) >= 11 is 0. The van der Waals surface area contributed by atoms with Crippen molar-refractivity contribution in [2.24, 2.45) is 0 Å². The third-order valence-corrected chi connectivity index (χ3v) is 12.7. The number of nitrogens with zero attached hydrogens (tertiary/aromatic N) is 1. The first-order valence-corrected chi connectivity index (χ1v) is 21.7. The highest BCUT2D eigenvalue weighted by Crippen LogP contribution is 2.60. The van der Waals surface area contributed by atoms with Gasteiger partial charge in [0.15, 0.2) is 0 Å². The van der Waals surface area contributed by atoms with Crippen LogP contribution in [0.25, 0.3) is 88.7 Å². The summed E-state index contributed by atoms with van der Waals surface area (Å²) in [5, 5.41) is 2.22. The maximum atomic E-state index is 6.54. The largest absolute Gasteiger partial charge is 0.456 e. The van der Waals surface area contributed by atoms with Crippen molar-refractivity contribution < 1.29 is 4.42 Å². The summed E-state index contributed by atoms with van der Waals surface area (Å²) in [5.41, 5.74) is 22.0. The van der Waals surface area contributed by atoms with Crippen molar-refractivity contribution in [3.05, 3.63) is 248 Å². The van der Waals surface area contributed by atoms with Crippen LogP contribution in [0.5, 0.6) is 0 Å². The van der Waals surface area contributed by atoms with Gasteiger partial charge in [0.05, 0.1) is 17.1 Å². The highest BCUT2D eigenvalue weighted by Gasteiger charge is 2.36. The number of para-hydroxylation sites is 3. The lowest BCUT2D eigenvalue weighted by molar-refractivity contribution is 0.669. The molecule has 12 rings (SSSR count). The van der Waals surface area contributed by atoms with Gasteiger partial charge in [0.1, 0.15) is 11.2 Å². The zero-order valence-electron chi connectivity index (χ0n) is 34.6. The lowest BCUT2D eigenvalue weighted by Gasteiger charge is -2.35. The fourth-order valence-corrected chi connectivity index (χ4v) is 10.1. The van der Waals surface area contributed by atoms with Crippen molar-refractivity contribution in [2.75, 3.05) is 4.90 Å². The summed E-state index contributed by atoms with van der Waals surface area (Å²) in [4.78, 5) is 2.60. The Balaban J connectivity index is 1.30. The average Bonchev–Trinajstić information content (AvgIpc) is 3.94. The van der Waals surface area contributed by atoms with E-state index in [4.69, 9.17) is 4.42 Å². The Kier molecular flexibility index (Phi) is 8.93. The second-order valence-electron chi connectivity index (χ2n) is 16.3. The van der Waals surface area contributed by atoms with Crippen LogP contribution in [0, 0.1) is 0 Å². The molecule has 10 aromatic carbocycles. The predicted octanol–water partition coefficient (Wildman–Crippen LogP) is 17.0. The zero-order chi connectivity index (χ0) is 41.7. The molecule has 1 aromatic heterocycles. The van der Waals surface area contributed by atoms with Crippen molar-refractivity contribution in [1.29, 1.82) is 0 Å². The highest BCUT2D eigenvalue weighted by atomic mass is 16.3. The van der Waals surface area contributed by atoms with Crippen LogP contribution in [0.3, 0.4) is 0 Å². The maximum Gasteiger partial charge on any atom is 0.136 e. The maximum absolute atomic E-state index is 6.54. The summed E-state index contributed by atoms with van der Waals surface area (Å²) in [6.45, 7) is 0. The van der Waals surface area contributed by atoms with E-state index in [0.29, 0.717) is 0 Å². The van der Waals surface area contributed by atoms with Crippen LogP contribution in [-0.4, -0.2) is 0 Å². The Labute approximate surface area is 367 Å². The molecule has 0 atom stereocenters. The lowest BCUT2D eigenvalue weighted by atomic mass is 9.80. The first kappa shape index (κ1) is 36.6. The molecule has 0 unspecified atom stereocenters. The van der Waals surface area contributed by atoms with Crippen LogP contribution >= 0.6 is 0 Å². The van der Waals surface area contributed by atoms with Gasteiger partial charge in [-0.2, -0.15) is 0 Å². The fourth-order valence-electron chi connectivity index (χ4n) is 10.1. The third kappa shape index (κ3) is 6.10. The molecule has 1 aliphatic rings. The van der Waals surface area contributed by atoms with Crippen molar-refractivity contribution in [2.45, 2.75) is 6.42 Å². The molecule has 0 fully saturated rings. The van der Waals surface area contributed by atoms with Gasteiger partial charge in [0.2, 0.25) is 0 Å². The predicted molar refractivity (Wildman–Crippen MR) is 264 cm³/mol. The number of benzene rings is 10. The van der Waals surface area contributed by atoms with E-state index in [-0.39, 0.29) is 0 Å². The number of fused-ring (bicyclic) bond motifs is 6. The van der Waals surface area contributed by atoms with E-state index in [1.807, 2.05) is 6.07 Å². The van der Waals surface area contributed by atoms with Crippen LogP contribution in [0.15, 0.2) is 241 Å². The number of hydrogen-bond acceptors (Lipinski definition) is 2. The molecule has 63 heavy (non-hydrogen) atoms. The molecule has 296 valence electrons. The van der Waals surface area contributed by atoms with E-state index in [2.05, 4.69) is 235 Å². The van der Waals surface area contributed by atoms with Crippen molar-refractivity contribution in [3.63, 3.8) is 0 Å². The summed E-state index contributed by atoms with van der Waals surface area (Å²) in [5.74, 6) is 0. The molecule has 0 radical (unpaired) electrons. The van der Waals surface area contributed by atoms with Crippen LogP contribution in [-0.2, 0) is 6.42 Å². The minimum Gasteiger partial charge on any atom is -0.456 e. The van der Waals surface area contributed by atoms with Gasteiger partial charge in [-0.3, -0.25) is 0 Å². The highest BCUT2D eigenvalue weighted by molar-refractivity contribution is 6.16. The second kappa shape index (κ2) is 15.4. The van der Waals surface area contributed by atoms with Gasteiger partial charge in [0, 0.05) is 39.4 Å². The van der Waals surface area contributed by atoms with E-state index in [9.17, 15) is 0 Å². The van der Waals surface area contributed by atoms with E-state index in [0.717, 1.165) is 67.6 Å². The smallest absolute Gasteiger partial charge is 0.136 e. The summed E-state index contributed by atoms with van der Waals surface area (Å²) < 4.78 is 6.54. The van der Waals surface area contributed by atoms with Crippen LogP contribution < -0.4 is 4.90 Å². The monoisotopic (exact) mass is 803 g/mol. The molecule has 0 saturated carbocycles. The van der Waals surface area contributed by atoms with Crippen LogP contribution in [0.4, 0.5) is 17.1 Å². The van der Waals surface area contributed by atoms with Gasteiger partial charge >= 0.3 is 0 Å². The van der Waals surface area contributed by atoms with E-state index in [1.165, 1.54) is 55.8 Å². The van der Waals surface area contributed by atoms with Gasteiger partial charge in [-0.05, 0) is 79.9 Å². The first-order valence-electron chi connectivity index (χ1n) is 21.7. The molecule has 2 nitrogen and oxygen atoms in total. The van der Waals surface area contributed by atoms with Gasteiger partial charge in [-0.25, -0.2) is 0 Å². The molecule has 2 heteroatoms. The fraction of sp³-hybridized carbons (Fsp3) is 0.0164. The molecule has 1 heterocycles. The SMILES string of the molecule is c1ccc(-c2ccccc2N(c2ccccc2-c2cccc3oc4ccccc4c23)c2c3c(c(-c4ccccc4)c(-c4ccccc4)c2-c2ccccc2)-c2ccccc2C3)cc1. The molecule has 0 spiro atoms. The molecule has 0 aliphatic heterocycles. The number of furan rings is 1. The number of rotatable bonds is 8. The minimum atomic E-state index is 0.781. The Hall–Kier alpha value is -8.20. The normalized spacial score (nSPS) is 11.7. The molecule has 0 N–H and O–H groups in total. The van der Waals surface area contributed by atoms with Crippen molar-refractivity contribution in [3.8, 4) is 66.8 Å². The van der Waals surface area contributed by atoms with Crippen molar-refractivity contribution >= 4 is 39.0 Å². The molecule has 0 bridgehead atoms. The van der Waals surface area contributed by atoms with Crippen LogP contribution in [0.2, 0.25) is 0 Å². The topological polar surface area (TPSA) is 16.4 Å². The van der Waals surface area contributed by atoms with Gasteiger partial charge < -0.3 is 9.32 Å². The molecule has 1 aliphatic carbocycles.